The Balaban J connectivity index is 2.25. The van der Waals surface area contributed by atoms with Gasteiger partial charge in [-0.25, -0.2) is 4.79 Å². The van der Waals surface area contributed by atoms with E-state index in [-0.39, 0.29) is 6.54 Å². The Kier molecular flexibility index (Phi) is 3.09. The zero-order valence-corrected chi connectivity index (χ0v) is 11.1. The third kappa shape index (κ3) is 2.98. The number of hydrogen-bond donors (Lipinski definition) is 2. The van der Waals surface area contributed by atoms with Crippen molar-refractivity contribution in [2.75, 3.05) is 6.66 Å². The molecule has 0 aromatic carbocycles. The van der Waals surface area contributed by atoms with E-state index in [0.29, 0.717) is 18.4 Å². The molecule has 100 valence electrons. The number of aromatic nitrogens is 2. The summed E-state index contributed by atoms with van der Waals surface area (Å²) in [4.78, 5) is 34.2. The minimum Gasteiger partial charge on any atom is -0.324 e. The number of nitrogens with one attached hydrogen (secondary N) is 1. The number of hydrogen-bond acceptors (Lipinski definition) is 4. The van der Waals surface area contributed by atoms with Gasteiger partial charge in [0.25, 0.3) is 5.56 Å². The standard InChI is InChI=1S/C10H15N2O5P/c1-7-5-12(9(14)11-8(7)13)6-10(3-4-10)17-18(2,15)16/h5H,3-4,6H2,1-2H3,(H,15,16)(H,11,13,14). The lowest BCUT2D eigenvalue weighted by Gasteiger charge is -2.19. The van der Waals surface area contributed by atoms with Gasteiger partial charge in [-0.2, -0.15) is 0 Å². The largest absolute Gasteiger partial charge is 0.328 e. The molecule has 0 amide bonds. The molecule has 1 heterocycles. The lowest BCUT2D eigenvalue weighted by molar-refractivity contribution is 0.136. The molecule has 1 aromatic rings. The number of aryl methyl sites for hydroxylation is 1. The second-order valence-corrected chi connectivity index (χ2v) is 6.57. The summed E-state index contributed by atoms with van der Waals surface area (Å²) in [6.07, 6.45) is 2.68. The molecule has 8 heteroatoms. The molecule has 7 nitrogen and oxygen atoms in total. The minimum absolute atomic E-state index is 0.168. The highest BCUT2D eigenvalue weighted by atomic mass is 31.2. The Hall–Kier alpha value is -1.17. The molecule has 1 aromatic heterocycles. The van der Waals surface area contributed by atoms with Crippen molar-refractivity contribution < 1.29 is 14.0 Å². The Morgan fingerprint density at radius 2 is 2.17 bits per heavy atom. The summed E-state index contributed by atoms with van der Waals surface area (Å²) < 4.78 is 17.7. The van der Waals surface area contributed by atoms with Gasteiger partial charge < -0.3 is 9.42 Å². The number of rotatable bonds is 4. The van der Waals surface area contributed by atoms with Crippen LogP contribution in [0.3, 0.4) is 0 Å². The summed E-state index contributed by atoms with van der Waals surface area (Å²) in [5.41, 5.74) is -1.31. The van der Waals surface area contributed by atoms with E-state index >= 15 is 0 Å². The first-order chi connectivity index (χ1) is 8.21. The van der Waals surface area contributed by atoms with E-state index in [1.807, 2.05) is 0 Å². The van der Waals surface area contributed by atoms with Crippen LogP contribution in [0.4, 0.5) is 0 Å². The van der Waals surface area contributed by atoms with E-state index in [9.17, 15) is 19.0 Å². The van der Waals surface area contributed by atoms with E-state index in [1.54, 1.807) is 6.92 Å². The van der Waals surface area contributed by atoms with Crippen LogP contribution in [0.5, 0.6) is 0 Å². The Morgan fingerprint density at radius 3 is 2.67 bits per heavy atom. The summed E-state index contributed by atoms with van der Waals surface area (Å²) in [6, 6.07) is 0. The maximum Gasteiger partial charge on any atom is 0.328 e. The minimum atomic E-state index is -3.59. The van der Waals surface area contributed by atoms with Gasteiger partial charge in [0.15, 0.2) is 0 Å². The fourth-order valence-corrected chi connectivity index (χ4v) is 2.78. The molecule has 18 heavy (non-hydrogen) atoms. The van der Waals surface area contributed by atoms with Gasteiger partial charge in [-0.05, 0) is 19.8 Å². The van der Waals surface area contributed by atoms with Crippen LogP contribution in [0.1, 0.15) is 18.4 Å². The van der Waals surface area contributed by atoms with Gasteiger partial charge in [0.05, 0.1) is 12.1 Å². The molecule has 1 atom stereocenters. The molecular formula is C10H15N2O5P. The molecule has 1 saturated carbocycles. The molecular weight excluding hydrogens is 259 g/mol. The maximum absolute atomic E-state index is 11.6. The fraction of sp³-hybridized carbons (Fsp3) is 0.600. The number of aromatic amines is 1. The first-order valence-corrected chi connectivity index (χ1v) is 7.55. The predicted molar refractivity (Wildman–Crippen MR) is 64.9 cm³/mol. The molecule has 0 saturated heterocycles. The van der Waals surface area contributed by atoms with Crippen LogP contribution in [0.2, 0.25) is 0 Å². The summed E-state index contributed by atoms with van der Waals surface area (Å²) in [6.45, 7) is 2.88. The third-order valence-corrected chi connectivity index (χ3v) is 3.54. The van der Waals surface area contributed by atoms with Crippen LogP contribution in [-0.4, -0.2) is 26.7 Å². The fourth-order valence-electron chi connectivity index (χ4n) is 1.82. The zero-order chi connectivity index (χ0) is 13.6. The second kappa shape index (κ2) is 4.19. The molecule has 1 unspecified atom stereocenters. The van der Waals surface area contributed by atoms with Crippen molar-refractivity contribution in [2.24, 2.45) is 0 Å². The molecule has 2 rings (SSSR count). The highest BCUT2D eigenvalue weighted by Gasteiger charge is 2.48. The van der Waals surface area contributed by atoms with Gasteiger partial charge in [0, 0.05) is 18.4 Å². The molecule has 0 aliphatic heterocycles. The molecule has 1 fully saturated rings. The average Bonchev–Trinajstić information content (AvgIpc) is 2.91. The van der Waals surface area contributed by atoms with Gasteiger partial charge in [-0.1, -0.05) is 0 Å². The van der Waals surface area contributed by atoms with Crippen molar-refractivity contribution in [3.05, 3.63) is 32.6 Å². The first kappa shape index (κ1) is 13.3. The van der Waals surface area contributed by atoms with Crippen LogP contribution < -0.4 is 11.2 Å². The number of nitrogens with zero attached hydrogens (tertiary/aromatic N) is 1. The SMILES string of the molecule is Cc1cn(CC2(OP(C)(=O)O)CC2)c(=O)[nH]c1=O. The van der Waals surface area contributed by atoms with Crippen LogP contribution in [0.25, 0.3) is 0 Å². The van der Waals surface area contributed by atoms with Gasteiger partial charge in [0.1, 0.15) is 0 Å². The van der Waals surface area contributed by atoms with Crippen molar-refractivity contribution >= 4 is 7.60 Å². The van der Waals surface area contributed by atoms with Gasteiger partial charge in [0.2, 0.25) is 0 Å². The highest BCUT2D eigenvalue weighted by molar-refractivity contribution is 7.51. The van der Waals surface area contributed by atoms with Crippen molar-refractivity contribution in [2.45, 2.75) is 31.9 Å². The predicted octanol–water partition coefficient (Wildman–Crippen LogP) is 0.209. The van der Waals surface area contributed by atoms with Crippen LogP contribution in [-0.2, 0) is 15.6 Å². The average molecular weight is 274 g/mol. The molecule has 1 aliphatic carbocycles. The monoisotopic (exact) mass is 274 g/mol. The zero-order valence-electron chi connectivity index (χ0n) is 10.2. The Labute approximate surface area is 103 Å². The van der Waals surface area contributed by atoms with Crippen LogP contribution >= 0.6 is 7.60 Å². The van der Waals surface area contributed by atoms with E-state index < -0.39 is 24.4 Å². The quantitative estimate of drug-likeness (QED) is 0.764. The summed E-state index contributed by atoms with van der Waals surface area (Å²) in [5.74, 6) is 0. The molecule has 0 spiro atoms. The van der Waals surface area contributed by atoms with E-state index in [4.69, 9.17) is 4.52 Å². The molecule has 1 aliphatic rings. The van der Waals surface area contributed by atoms with Crippen molar-refractivity contribution in [1.29, 1.82) is 0 Å². The van der Waals surface area contributed by atoms with Gasteiger partial charge >= 0.3 is 13.3 Å². The van der Waals surface area contributed by atoms with Crippen molar-refractivity contribution in [3.8, 4) is 0 Å². The Bertz CT molecular complexity index is 622. The smallest absolute Gasteiger partial charge is 0.324 e. The molecule has 2 N–H and O–H groups in total. The lowest BCUT2D eigenvalue weighted by atomic mass is 10.3. The molecule has 0 bridgehead atoms. The first-order valence-electron chi connectivity index (χ1n) is 5.52. The summed E-state index contributed by atoms with van der Waals surface area (Å²) in [7, 11) is -3.59. The van der Waals surface area contributed by atoms with E-state index in [0.717, 1.165) is 6.66 Å². The van der Waals surface area contributed by atoms with E-state index in [1.165, 1.54) is 10.8 Å². The normalized spacial score (nSPS) is 20.4. The van der Waals surface area contributed by atoms with Gasteiger partial charge in [-0.3, -0.25) is 18.9 Å². The molecule has 0 radical (unpaired) electrons. The Morgan fingerprint density at radius 1 is 1.56 bits per heavy atom. The summed E-state index contributed by atoms with van der Waals surface area (Å²) in [5, 5.41) is 0. The summed E-state index contributed by atoms with van der Waals surface area (Å²) >= 11 is 0. The topological polar surface area (TPSA) is 101 Å². The van der Waals surface area contributed by atoms with Crippen LogP contribution in [0, 0.1) is 6.92 Å². The number of H-pyrrole nitrogens is 1. The van der Waals surface area contributed by atoms with Crippen LogP contribution in [0.15, 0.2) is 15.8 Å². The highest BCUT2D eigenvalue weighted by Crippen LogP contribution is 2.53. The second-order valence-electron chi connectivity index (χ2n) is 4.78. The van der Waals surface area contributed by atoms with Crippen molar-refractivity contribution in [3.63, 3.8) is 0 Å². The third-order valence-electron chi connectivity index (χ3n) is 2.82. The lowest BCUT2D eigenvalue weighted by Crippen LogP contribution is -2.35. The van der Waals surface area contributed by atoms with E-state index in [2.05, 4.69) is 4.98 Å². The maximum atomic E-state index is 11.6. The van der Waals surface area contributed by atoms with Crippen molar-refractivity contribution in [1.82, 2.24) is 9.55 Å². The van der Waals surface area contributed by atoms with Gasteiger partial charge in [-0.15, -0.1) is 0 Å².